The van der Waals surface area contributed by atoms with Crippen molar-refractivity contribution in [1.82, 2.24) is 9.80 Å². The number of aliphatic hydroxyl groups excluding tert-OH is 1. The molecule has 1 aromatic rings. The van der Waals surface area contributed by atoms with E-state index in [2.05, 4.69) is 0 Å². The number of hydrogen-bond donors (Lipinski definition) is 1. The fourth-order valence-electron chi connectivity index (χ4n) is 2.22. The van der Waals surface area contributed by atoms with Crippen LogP contribution in [0.3, 0.4) is 0 Å². The van der Waals surface area contributed by atoms with Gasteiger partial charge in [0.05, 0.1) is 6.61 Å². The van der Waals surface area contributed by atoms with Gasteiger partial charge in [-0.3, -0.25) is 9.69 Å². The topological polar surface area (TPSA) is 43.8 Å². The van der Waals surface area contributed by atoms with Gasteiger partial charge < -0.3 is 10.0 Å². The Bertz CT molecular complexity index is 432. The van der Waals surface area contributed by atoms with Crippen LogP contribution in [0.2, 0.25) is 0 Å². The summed E-state index contributed by atoms with van der Waals surface area (Å²) in [6.07, 6.45) is 0.795. The van der Waals surface area contributed by atoms with E-state index in [4.69, 9.17) is 5.11 Å². The number of carbonyl (C=O) groups excluding carboxylic acids is 1. The molecular weight excluding hydrogens is 259 g/mol. The zero-order valence-corrected chi connectivity index (χ0v) is 12.3. The van der Waals surface area contributed by atoms with Crippen molar-refractivity contribution in [3.05, 3.63) is 35.6 Å². The van der Waals surface area contributed by atoms with Crippen molar-refractivity contribution in [2.75, 3.05) is 33.8 Å². The first-order chi connectivity index (χ1) is 9.52. The molecule has 0 aliphatic heterocycles. The molecule has 0 aromatic heterocycles. The highest BCUT2D eigenvalue weighted by Gasteiger charge is 2.29. The first-order valence-electron chi connectivity index (χ1n) is 6.83. The van der Waals surface area contributed by atoms with Gasteiger partial charge in [-0.15, -0.1) is 0 Å². The number of carbonyl (C=O) groups is 1. The Balaban J connectivity index is 3.07. The van der Waals surface area contributed by atoms with Crippen LogP contribution in [0.4, 0.5) is 4.39 Å². The molecule has 0 unspecified atom stereocenters. The summed E-state index contributed by atoms with van der Waals surface area (Å²) in [7, 11) is 3.50. The van der Waals surface area contributed by atoms with E-state index in [1.807, 2.05) is 6.92 Å². The Hall–Kier alpha value is -1.46. The smallest absolute Gasteiger partial charge is 0.244 e. The summed E-state index contributed by atoms with van der Waals surface area (Å²) in [6.45, 7) is 2.69. The SMILES string of the molecule is CCCN(CCO)C(=O)[C@@H](c1ccccc1F)N(C)C. The van der Waals surface area contributed by atoms with E-state index >= 15 is 0 Å². The molecule has 0 radical (unpaired) electrons. The molecule has 5 heteroatoms. The average Bonchev–Trinajstić information content (AvgIpc) is 2.40. The Labute approximate surface area is 119 Å². The lowest BCUT2D eigenvalue weighted by atomic mass is 10.0. The Morgan fingerprint density at radius 1 is 1.30 bits per heavy atom. The zero-order valence-electron chi connectivity index (χ0n) is 12.3. The number of halogens is 1. The van der Waals surface area contributed by atoms with Crippen LogP contribution in [0.5, 0.6) is 0 Å². The highest BCUT2D eigenvalue weighted by molar-refractivity contribution is 5.83. The summed E-state index contributed by atoms with van der Waals surface area (Å²) in [4.78, 5) is 15.9. The summed E-state index contributed by atoms with van der Waals surface area (Å²) < 4.78 is 13.9. The highest BCUT2D eigenvalue weighted by Crippen LogP contribution is 2.23. The monoisotopic (exact) mass is 282 g/mol. The molecule has 1 atom stereocenters. The van der Waals surface area contributed by atoms with Crippen LogP contribution in [-0.2, 0) is 4.79 Å². The standard InChI is InChI=1S/C15H23FN2O2/c1-4-9-18(10-11-19)15(20)14(17(2)3)12-7-5-6-8-13(12)16/h5-8,14,19H,4,9-11H2,1-3H3/t14-/m1/s1. The molecule has 0 aliphatic carbocycles. The second-order valence-electron chi connectivity index (χ2n) is 4.94. The number of rotatable bonds is 7. The summed E-state index contributed by atoms with van der Waals surface area (Å²) in [5.41, 5.74) is 0.363. The van der Waals surface area contributed by atoms with Crippen LogP contribution >= 0.6 is 0 Å². The maximum atomic E-state index is 13.9. The molecule has 20 heavy (non-hydrogen) atoms. The molecule has 4 nitrogen and oxygen atoms in total. The molecule has 0 saturated carbocycles. The quantitative estimate of drug-likeness (QED) is 0.827. The molecule has 0 heterocycles. The van der Waals surface area contributed by atoms with E-state index in [0.717, 1.165) is 6.42 Å². The Kier molecular flexibility index (Phi) is 6.61. The van der Waals surface area contributed by atoms with E-state index in [0.29, 0.717) is 12.1 Å². The second kappa shape index (κ2) is 7.97. The molecule has 112 valence electrons. The number of hydrogen-bond acceptors (Lipinski definition) is 3. The third-order valence-corrected chi connectivity index (χ3v) is 3.13. The molecular formula is C15H23FN2O2. The van der Waals surface area contributed by atoms with Crippen molar-refractivity contribution in [1.29, 1.82) is 0 Å². The predicted octanol–water partition coefficient (Wildman–Crippen LogP) is 1.66. The minimum absolute atomic E-state index is 0.0941. The van der Waals surface area contributed by atoms with Crippen LogP contribution in [-0.4, -0.2) is 54.6 Å². The lowest BCUT2D eigenvalue weighted by Gasteiger charge is -2.30. The molecule has 1 rings (SSSR count). The minimum Gasteiger partial charge on any atom is -0.395 e. The third kappa shape index (κ3) is 4.02. The summed E-state index contributed by atoms with van der Waals surface area (Å²) in [6, 6.07) is 5.64. The first kappa shape index (κ1) is 16.6. The fourth-order valence-corrected chi connectivity index (χ4v) is 2.22. The maximum absolute atomic E-state index is 13.9. The van der Waals surface area contributed by atoms with Crippen LogP contribution in [0.1, 0.15) is 24.9 Å². The largest absolute Gasteiger partial charge is 0.395 e. The molecule has 0 aliphatic rings. The van der Waals surface area contributed by atoms with E-state index in [1.54, 1.807) is 42.1 Å². The number of aliphatic hydroxyl groups is 1. The number of likely N-dealkylation sites (N-methyl/N-ethyl adjacent to an activating group) is 1. The number of amides is 1. The lowest BCUT2D eigenvalue weighted by Crippen LogP contribution is -2.42. The van der Waals surface area contributed by atoms with Crippen molar-refractivity contribution in [3.63, 3.8) is 0 Å². The summed E-state index contributed by atoms with van der Waals surface area (Å²) >= 11 is 0. The van der Waals surface area contributed by atoms with Gasteiger partial charge in [-0.05, 0) is 26.6 Å². The average molecular weight is 282 g/mol. The fraction of sp³-hybridized carbons (Fsp3) is 0.533. The molecule has 1 N–H and O–H groups in total. The molecule has 0 saturated heterocycles. The highest BCUT2D eigenvalue weighted by atomic mass is 19.1. The van der Waals surface area contributed by atoms with Gasteiger partial charge in [0.2, 0.25) is 5.91 Å². The minimum atomic E-state index is -0.672. The van der Waals surface area contributed by atoms with Gasteiger partial charge in [0.25, 0.3) is 0 Å². The van der Waals surface area contributed by atoms with Gasteiger partial charge in [-0.25, -0.2) is 4.39 Å². The number of nitrogens with zero attached hydrogens (tertiary/aromatic N) is 2. The van der Waals surface area contributed by atoms with Crippen LogP contribution in [0.25, 0.3) is 0 Å². The van der Waals surface area contributed by atoms with Gasteiger partial charge in [0.1, 0.15) is 11.9 Å². The normalized spacial score (nSPS) is 12.5. The first-order valence-corrected chi connectivity index (χ1v) is 6.83. The predicted molar refractivity (Wildman–Crippen MR) is 76.8 cm³/mol. The summed E-state index contributed by atoms with van der Waals surface area (Å²) in [5.74, 6) is -0.573. The zero-order chi connectivity index (χ0) is 15.1. The van der Waals surface area contributed by atoms with Crippen molar-refractivity contribution in [2.24, 2.45) is 0 Å². The molecule has 0 spiro atoms. The van der Waals surface area contributed by atoms with Crippen molar-refractivity contribution in [2.45, 2.75) is 19.4 Å². The van der Waals surface area contributed by atoms with E-state index in [9.17, 15) is 9.18 Å². The van der Waals surface area contributed by atoms with E-state index < -0.39 is 6.04 Å². The molecule has 1 amide bonds. The third-order valence-electron chi connectivity index (χ3n) is 3.13. The molecule has 0 fully saturated rings. The van der Waals surface area contributed by atoms with E-state index in [-0.39, 0.29) is 24.9 Å². The van der Waals surface area contributed by atoms with E-state index in [1.165, 1.54) is 6.07 Å². The van der Waals surface area contributed by atoms with Gasteiger partial charge in [0.15, 0.2) is 0 Å². The van der Waals surface area contributed by atoms with Crippen LogP contribution < -0.4 is 0 Å². The van der Waals surface area contributed by atoms with Crippen molar-refractivity contribution < 1.29 is 14.3 Å². The second-order valence-corrected chi connectivity index (χ2v) is 4.94. The van der Waals surface area contributed by atoms with Crippen molar-refractivity contribution in [3.8, 4) is 0 Å². The number of benzene rings is 1. The van der Waals surface area contributed by atoms with Crippen LogP contribution in [0.15, 0.2) is 24.3 Å². The van der Waals surface area contributed by atoms with Gasteiger partial charge >= 0.3 is 0 Å². The molecule has 0 bridgehead atoms. The van der Waals surface area contributed by atoms with Crippen LogP contribution in [0, 0.1) is 5.82 Å². The maximum Gasteiger partial charge on any atom is 0.244 e. The summed E-state index contributed by atoms with van der Waals surface area (Å²) in [5, 5.41) is 9.08. The lowest BCUT2D eigenvalue weighted by molar-refractivity contribution is -0.137. The van der Waals surface area contributed by atoms with Gasteiger partial charge in [-0.1, -0.05) is 25.1 Å². The molecule has 1 aromatic carbocycles. The van der Waals surface area contributed by atoms with Crippen molar-refractivity contribution >= 4 is 5.91 Å². The van der Waals surface area contributed by atoms with Gasteiger partial charge in [-0.2, -0.15) is 0 Å². The Morgan fingerprint density at radius 2 is 1.95 bits per heavy atom. The Morgan fingerprint density at radius 3 is 2.45 bits per heavy atom. The van der Waals surface area contributed by atoms with Gasteiger partial charge in [0, 0.05) is 18.7 Å².